The van der Waals surface area contributed by atoms with Gasteiger partial charge in [0.2, 0.25) is 0 Å². The Balaban J connectivity index is 1.24. The maximum atomic E-state index is 7.19. The number of thiophene rings is 1. The highest BCUT2D eigenvalue weighted by atomic mass is 32.1. The van der Waals surface area contributed by atoms with Crippen molar-refractivity contribution >= 4 is 126 Å². The van der Waals surface area contributed by atoms with Crippen LogP contribution in [0.2, 0.25) is 0 Å². The smallest absolute Gasteiger partial charge is 0.333 e. The Morgan fingerprint density at radius 1 is 0.516 bits per heavy atom. The molecule has 0 unspecified atom stereocenters. The van der Waals surface area contributed by atoms with Gasteiger partial charge in [0.05, 0.1) is 16.4 Å². The number of aromatic nitrogens is 1. The maximum absolute atomic E-state index is 7.19. The summed E-state index contributed by atoms with van der Waals surface area (Å²) in [4.78, 5) is 2.65. The molecule has 296 valence electrons. The Hall–Kier alpha value is -6.76. The first-order valence-corrected chi connectivity index (χ1v) is 22.6. The van der Waals surface area contributed by atoms with Crippen LogP contribution in [0.5, 0.6) is 0 Å². The molecule has 0 saturated carbocycles. The quantitative estimate of drug-likeness (QED) is 0.155. The van der Waals surface area contributed by atoms with Crippen LogP contribution in [-0.4, -0.2) is 11.4 Å². The molecular formula is C56H41BN2O2S. The molecule has 62 heavy (non-hydrogen) atoms. The zero-order valence-corrected chi connectivity index (χ0v) is 36.3. The summed E-state index contributed by atoms with van der Waals surface area (Å²) < 4.78 is 19.1. The molecule has 4 aromatic heterocycles. The summed E-state index contributed by atoms with van der Waals surface area (Å²) in [5.41, 5.74) is 17.2. The predicted molar refractivity (Wildman–Crippen MR) is 265 cm³/mol. The van der Waals surface area contributed by atoms with E-state index in [-0.39, 0.29) is 17.7 Å². The van der Waals surface area contributed by atoms with Crippen LogP contribution in [-0.2, 0) is 10.8 Å². The molecule has 4 nitrogen and oxygen atoms in total. The summed E-state index contributed by atoms with van der Waals surface area (Å²) in [6.45, 7) is 13.7. The first kappa shape index (κ1) is 34.9. The van der Waals surface area contributed by atoms with Crippen molar-refractivity contribution < 1.29 is 8.83 Å². The Labute approximate surface area is 362 Å². The fourth-order valence-electron chi connectivity index (χ4n) is 11.1. The largest absolute Gasteiger partial charge is 0.456 e. The topological polar surface area (TPSA) is 34.5 Å². The van der Waals surface area contributed by atoms with Crippen molar-refractivity contribution in [1.82, 2.24) is 4.57 Å². The minimum Gasteiger partial charge on any atom is -0.456 e. The molecule has 0 N–H and O–H groups in total. The van der Waals surface area contributed by atoms with E-state index in [1.807, 2.05) is 11.3 Å². The molecule has 0 radical (unpaired) electrons. The number of furan rings is 2. The number of nitrogens with zero attached hydrogens (tertiary/aromatic N) is 2. The van der Waals surface area contributed by atoms with Crippen molar-refractivity contribution in [1.29, 1.82) is 0 Å². The molecule has 0 saturated heterocycles. The van der Waals surface area contributed by atoms with Gasteiger partial charge in [0.15, 0.2) is 0 Å². The third kappa shape index (κ3) is 4.42. The third-order valence-electron chi connectivity index (χ3n) is 14.1. The number of rotatable bonds is 1. The Morgan fingerprint density at radius 2 is 1.21 bits per heavy atom. The summed E-state index contributed by atoms with van der Waals surface area (Å²) in [6.07, 6.45) is 0. The molecule has 0 amide bonds. The lowest BCUT2D eigenvalue weighted by Gasteiger charge is -2.42. The number of hydrogen-bond acceptors (Lipinski definition) is 4. The molecular weight excluding hydrogens is 776 g/mol. The Kier molecular flexibility index (Phi) is 6.52. The monoisotopic (exact) mass is 816 g/mol. The summed E-state index contributed by atoms with van der Waals surface area (Å²) in [5.74, 6) is 0. The van der Waals surface area contributed by atoms with Crippen molar-refractivity contribution in [3.8, 4) is 16.8 Å². The lowest BCUT2D eigenvalue weighted by atomic mass is 9.43. The molecule has 6 heterocycles. The molecule has 0 spiro atoms. The summed E-state index contributed by atoms with van der Waals surface area (Å²) >= 11 is 1.89. The highest BCUT2D eigenvalue weighted by Gasteiger charge is 2.46. The van der Waals surface area contributed by atoms with E-state index in [0.29, 0.717) is 0 Å². The molecule has 8 aromatic carbocycles. The van der Waals surface area contributed by atoms with E-state index in [2.05, 4.69) is 190 Å². The van der Waals surface area contributed by atoms with E-state index in [1.54, 1.807) is 0 Å². The van der Waals surface area contributed by atoms with Crippen molar-refractivity contribution in [2.75, 3.05) is 4.81 Å². The summed E-state index contributed by atoms with van der Waals surface area (Å²) in [7, 11) is 0. The summed E-state index contributed by atoms with van der Waals surface area (Å²) in [5, 5.41) is 9.55. The molecule has 2 aliphatic heterocycles. The Morgan fingerprint density at radius 3 is 1.98 bits per heavy atom. The molecule has 12 aromatic rings. The average molecular weight is 817 g/mol. The van der Waals surface area contributed by atoms with E-state index in [4.69, 9.17) is 8.83 Å². The highest BCUT2D eigenvalue weighted by Crippen LogP contribution is 2.53. The van der Waals surface area contributed by atoms with Gasteiger partial charge in [-0.15, -0.1) is 11.3 Å². The zero-order chi connectivity index (χ0) is 41.6. The molecule has 6 heteroatoms. The van der Waals surface area contributed by atoms with Crippen LogP contribution >= 0.6 is 11.3 Å². The van der Waals surface area contributed by atoms with Gasteiger partial charge in [-0.1, -0.05) is 120 Å². The molecule has 0 fully saturated rings. The van der Waals surface area contributed by atoms with Crippen molar-refractivity contribution in [2.45, 2.75) is 52.4 Å². The van der Waals surface area contributed by atoms with Gasteiger partial charge >= 0.3 is 6.85 Å². The van der Waals surface area contributed by atoms with E-state index >= 15 is 0 Å². The zero-order valence-electron chi connectivity index (χ0n) is 35.5. The fourth-order valence-corrected chi connectivity index (χ4v) is 12.2. The molecule has 14 rings (SSSR count). The van der Waals surface area contributed by atoms with Crippen LogP contribution < -0.4 is 15.7 Å². The van der Waals surface area contributed by atoms with Gasteiger partial charge in [-0.2, -0.15) is 0 Å². The fraction of sp³-hybridized carbons (Fsp3) is 0.143. The van der Waals surface area contributed by atoms with E-state index in [0.717, 1.165) is 55.4 Å². The maximum Gasteiger partial charge on any atom is 0.333 e. The van der Waals surface area contributed by atoms with Crippen molar-refractivity contribution in [3.05, 3.63) is 151 Å². The lowest BCUT2D eigenvalue weighted by Crippen LogP contribution is -2.60. The first-order valence-electron chi connectivity index (χ1n) is 21.8. The second-order valence-electron chi connectivity index (χ2n) is 19.7. The van der Waals surface area contributed by atoms with Crippen LogP contribution in [0.15, 0.2) is 148 Å². The second-order valence-corrected chi connectivity index (χ2v) is 20.8. The number of benzene rings is 8. The SMILES string of the molecule is CC(C)(C)c1ccc(N2B3c4cc5c(cc4-n4c6ccc(C(C)(C)C)cc6c6c7oc8ccccc8c7c(c3c64)-c3cc4oc6ccccc6c4cc32)sc2ccccc25)cc1. The number of fused-ring (bicyclic) bond motifs is 19. The van der Waals surface area contributed by atoms with Crippen LogP contribution in [0.1, 0.15) is 52.7 Å². The minimum absolute atomic E-state index is 0.0167. The minimum atomic E-state index is -0.161. The van der Waals surface area contributed by atoms with E-state index in [1.165, 1.54) is 80.7 Å². The van der Waals surface area contributed by atoms with E-state index < -0.39 is 0 Å². The second kappa shape index (κ2) is 11.6. The number of anilines is 2. The first-order chi connectivity index (χ1) is 30.0. The Bertz CT molecular complexity index is 3960. The highest BCUT2D eigenvalue weighted by molar-refractivity contribution is 7.26. The van der Waals surface area contributed by atoms with Gasteiger partial charge in [-0.05, 0) is 99.1 Å². The number of para-hydroxylation sites is 2. The lowest BCUT2D eigenvalue weighted by molar-refractivity contribution is 0.590. The van der Waals surface area contributed by atoms with Gasteiger partial charge in [0.1, 0.15) is 22.3 Å². The van der Waals surface area contributed by atoms with Gasteiger partial charge in [0, 0.05) is 69.7 Å². The molecule has 0 atom stereocenters. The van der Waals surface area contributed by atoms with Gasteiger partial charge in [-0.25, -0.2) is 0 Å². The van der Waals surface area contributed by atoms with Crippen LogP contribution in [0.25, 0.3) is 103 Å². The average Bonchev–Trinajstić information content (AvgIpc) is 4.02. The van der Waals surface area contributed by atoms with Gasteiger partial charge in [-0.3, -0.25) is 0 Å². The van der Waals surface area contributed by atoms with Crippen LogP contribution in [0.4, 0.5) is 11.4 Å². The van der Waals surface area contributed by atoms with Gasteiger partial charge < -0.3 is 18.2 Å². The molecule has 0 aliphatic carbocycles. The molecule has 2 aliphatic rings. The molecule has 0 bridgehead atoms. The van der Waals surface area contributed by atoms with Crippen LogP contribution in [0, 0.1) is 0 Å². The predicted octanol–water partition coefficient (Wildman–Crippen LogP) is 14.8. The summed E-state index contributed by atoms with van der Waals surface area (Å²) in [6, 6.07) is 52.3. The third-order valence-corrected chi connectivity index (χ3v) is 15.2. The van der Waals surface area contributed by atoms with Gasteiger partial charge in [0.25, 0.3) is 0 Å². The normalized spacial score (nSPS) is 13.9. The van der Waals surface area contributed by atoms with Crippen LogP contribution in [0.3, 0.4) is 0 Å². The van der Waals surface area contributed by atoms with Crippen molar-refractivity contribution in [2.24, 2.45) is 0 Å². The van der Waals surface area contributed by atoms with E-state index in [9.17, 15) is 0 Å². The number of hydrogen-bond donors (Lipinski definition) is 0. The standard InChI is InChI=1S/C56H41BN2O2S/c1-55(2,3)30-19-22-32(23-20-30)59-42-27-36-33-13-7-10-16-44(33)60-46(36)28-39(42)49-50-35-15-8-11-17-45(35)61-54(50)51-38-25-31(56(4,5)6)21-24-41(38)58-43-29-48-37(34-14-9-12-18-47(34)62-48)26-40(43)57(59)52(49)53(51)58/h7-29H,1-6H3. The van der Waals surface area contributed by atoms with Crippen molar-refractivity contribution in [3.63, 3.8) is 0 Å².